The first-order valence-electron chi connectivity index (χ1n) is 8.34. The molecule has 24 heavy (non-hydrogen) atoms. The maximum atomic E-state index is 11.0. The molecular formula is C19H23N3O2. The number of hydrogen-bond donors (Lipinski definition) is 2. The summed E-state index contributed by atoms with van der Waals surface area (Å²) in [6.45, 7) is 5.31. The summed E-state index contributed by atoms with van der Waals surface area (Å²) in [5.74, 6) is -0.448. The molecule has 1 aliphatic rings. The molecule has 0 spiro atoms. The third-order valence-corrected chi connectivity index (χ3v) is 4.64. The standard InChI is InChI=1S/C19H23N3O2/c1-14(21-17-7-9-20-18(11-17)19(23)24)16-8-10-22(13-16)12-15-5-3-2-4-6-15/h2-7,9,11,14,16H,8,10,12-13H2,1H3,(H,20,21)(H,23,24). The molecule has 0 radical (unpaired) electrons. The Labute approximate surface area is 142 Å². The van der Waals surface area contributed by atoms with Crippen molar-refractivity contribution in [3.63, 3.8) is 0 Å². The minimum absolute atomic E-state index is 0.0735. The average molecular weight is 325 g/mol. The van der Waals surface area contributed by atoms with Crippen LogP contribution in [0.1, 0.15) is 29.4 Å². The van der Waals surface area contributed by atoms with Crippen LogP contribution in [0.2, 0.25) is 0 Å². The Morgan fingerprint density at radius 3 is 2.92 bits per heavy atom. The number of anilines is 1. The molecule has 1 aliphatic heterocycles. The molecular weight excluding hydrogens is 302 g/mol. The lowest BCUT2D eigenvalue weighted by Crippen LogP contribution is -2.29. The van der Waals surface area contributed by atoms with Gasteiger partial charge in [0.15, 0.2) is 0 Å². The molecule has 5 nitrogen and oxygen atoms in total. The molecule has 2 heterocycles. The summed E-state index contributed by atoms with van der Waals surface area (Å²) in [6, 6.07) is 14.2. The van der Waals surface area contributed by atoms with Gasteiger partial charge < -0.3 is 10.4 Å². The van der Waals surface area contributed by atoms with Gasteiger partial charge in [-0.2, -0.15) is 0 Å². The van der Waals surface area contributed by atoms with Crippen LogP contribution in [0.3, 0.4) is 0 Å². The number of carboxylic acid groups (broad SMARTS) is 1. The van der Waals surface area contributed by atoms with Gasteiger partial charge >= 0.3 is 5.97 Å². The fourth-order valence-corrected chi connectivity index (χ4v) is 3.27. The summed E-state index contributed by atoms with van der Waals surface area (Å²) < 4.78 is 0. The van der Waals surface area contributed by atoms with E-state index in [1.54, 1.807) is 6.07 Å². The van der Waals surface area contributed by atoms with E-state index in [9.17, 15) is 4.79 Å². The number of nitrogens with zero attached hydrogens (tertiary/aromatic N) is 2. The summed E-state index contributed by atoms with van der Waals surface area (Å²) in [5.41, 5.74) is 2.24. The molecule has 1 saturated heterocycles. The molecule has 1 fully saturated rings. The second kappa shape index (κ2) is 7.45. The van der Waals surface area contributed by atoms with Crippen LogP contribution in [0.5, 0.6) is 0 Å². The summed E-state index contributed by atoms with van der Waals surface area (Å²) in [5, 5.41) is 12.5. The molecule has 1 aromatic heterocycles. The van der Waals surface area contributed by atoms with E-state index in [1.807, 2.05) is 12.1 Å². The Morgan fingerprint density at radius 2 is 2.17 bits per heavy atom. The Hall–Kier alpha value is -2.40. The predicted octanol–water partition coefficient (Wildman–Crippen LogP) is 3.10. The first-order chi connectivity index (χ1) is 11.6. The third-order valence-electron chi connectivity index (χ3n) is 4.64. The van der Waals surface area contributed by atoms with Gasteiger partial charge in [-0.05, 0) is 43.5 Å². The monoisotopic (exact) mass is 325 g/mol. The van der Waals surface area contributed by atoms with Gasteiger partial charge in [0.05, 0.1) is 0 Å². The number of hydrogen-bond acceptors (Lipinski definition) is 4. The Balaban J connectivity index is 1.55. The van der Waals surface area contributed by atoms with Gasteiger partial charge in [-0.3, -0.25) is 4.90 Å². The Morgan fingerprint density at radius 1 is 1.38 bits per heavy atom. The number of carboxylic acids is 1. The van der Waals surface area contributed by atoms with Crippen molar-refractivity contribution in [3.05, 3.63) is 59.9 Å². The van der Waals surface area contributed by atoms with Crippen LogP contribution in [0.4, 0.5) is 5.69 Å². The normalized spacial score (nSPS) is 19.1. The minimum atomic E-state index is -0.999. The second-order valence-electron chi connectivity index (χ2n) is 6.44. The molecule has 0 bridgehead atoms. The van der Waals surface area contributed by atoms with Crippen LogP contribution < -0.4 is 5.32 Å². The van der Waals surface area contributed by atoms with E-state index >= 15 is 0 Å². The van der Waals surface area contributed by atoms with Crippen molar-refractivity contribution in [3.8, 4) is 0 Å². The van der Waals surface area contributed by atoms with Crippen molar-refractivity contribution < 1.29 is 9.90 Å². The molecule has 2 aromatic rings. The second-order valence-corrected chi connectivity index (χ2v) is 6.44. The van der Waals surface area contributed by atoms with Crippen molar-refractivity contribution in [2.75, 3.05) is 18.4 Å². The molecule has 1 aromatic carbocycles. The molecule has 0 aliphatic carbocycles. The molecule has 126 valence electrons. The van der Waals surface area contributed by atoms with Gasteiger partial charge in [-0.15, -0.1) is 0 Å². The lowest BCUT2D eigenvalue weighted by atomic mass is 10.0. The highest BCUT2D eigenvalue weighted by molar-refractivity contribution is 5.86. The highest BCUT2D eigenvalue weighted by Crippen LogP contribution is 2.24. The lowest BCUT2D eigenvalue weighted by molar-refractivity contribution is 0.0690. The average Bonchev–Trinajstić information content (AvgIpc) is 3.04. The van der Waals surface area contributed by atoms with Crippen LogP contribution in [0, 0.1) is 5.92 Å². The van der Waals surface area contributed by atoms with E-state index in [0.717, 1.165) is 31.7 Å². The number of rotatable bonds is 6. The number of pyridine rings is 1. The third kappa shape index (κ3) is 4.11. The van der Waals surface area contributed by atoms with Crippen molar-refractivity contribution in [2.24, 2.45) is 5.92 Å². The molecule has 2 atom stereocenters. The number of aromatic nitrogens is 1. The van der Waals surface area contributed by atoms with Crippen LogP contribution in [-0.2, 0) is 6.54 Å². The van der Waals surface area contributed by atoms with Gasteiger partial charge in [0.25, 0.3) is 0 Å². The number of aromatic carboxylic acids is 1. The minimum Gasteiger partial charge on any atom is -0.477 e. The zero-order valence-electron chi connectivity index (χ0n) is 13.9. The molecule has 0 amide bonds. The van der Waals surface area contributed by atoms with Gasteiger partial charge in [0.2, 0.25) is 0 Å². The molecule has 3 rings (SSSR count). The zero-order valence-corrected chi connectivity index (χ0v) is 13.9. The molecule has 2 N–H and O–H groups in total. The van der Waals surface area contributed by atoms with Crippen LogP contribution >= 0.6 is 0 Å². The summed E-state index contributed by atoms with van der Waals surface area (Å²) in [7, 11) is 0. The maximum absolute atomic E-state index is 11.0. The van der Waals surface area contributed by atoms with Crippen LogP contribution in [0.15, 0.2) is 48.7 Å². The summed E-state index contributed by atoms with van der Waals surface area (Å²) in [4.78, 5) is 17.3. The fourth-order valence-electron chi connectivity index (χ4n) is 3.27. The lowest BCUT2D eigenvalue weighted by Gasteiger charge is -2.23. The van der Waals surface area contributed by atoms with E-state index in [-0.39, 0.29) is 11.7 Å². The van der Waals surface area contributed by atoms with Crippen molar-refractivity contribution in [2.45, 2.75) is 25.9 Å². The fraction of sp³-hybridized carbons (Fsp3) is 0.368. The van der Waals surface area contributed by atoms with Gasteiger partial charge in [-0.25, -0.2) is 9.78 Å². The molecule has 5 heteroatoms. The topological polar surface area (TPSA) is 65.5 Å². The van der Waals surface area contributed by atoms with E-state index in [4.69, 9.17) is 5.11 Å². The highest BCUT2D eigenvalue weighted by Gasteiger charge is 2.27. The SMILES string of the molecule is CC(Nc1ccnc(C(=O)O)c1)C1CCN(Cc2ccccc2)C1. The Bertz CT molecular complexity index is 690. The van der Waals surface area contributed by atoms with Crippen molar-refractivity contribution in [1.29, 1.82) is 0 Å². The first-order valence-corrected chi connectivity index (χ1v) is 8.34. The number of carbonyl (C=O) groups is 1. The van der Waals surface area contributed by atoms with Crippen molar-refractivity contribution in [1.82, 2.24) is 9.88 Å². The first kappa shape index (κ1) is 16.5. The van der Waals surface area contributed by atoms with Gasteiger partial charge in [-0.1, -0.05) is 30.3 Å². The highest BCUT2D eigenvalue weighted by atomic mass is 16.4. The maximum Gasteiger partial charge on any atom is 0.354 e. The Kier molecular flexibility index (Phi) is 5.11. The number of benzene rings is 1. The number of nitrogens with one attached hydrogen (secondary N) is 1. The van der Waals surface area contributed by atoms with E-state index in [2.05, 4.69) is 46.4 Å². The van der Waals surface area contributed by atoms with Crippen molar-refractivity contribution >= 4 is 11.7 Å². The zero-order chi connectivity index (χ0) is 16.9. The van der Waals surface area contributed by atoms with Gasteiger partial charge in [0, 0.05) is 31.0 Å². The van der Waals surface area contributed by atoms with Crippen LogP contribution in [-0.4, -0.2) is 40.1 Å². The smallest absolute Gasteiger partial charge is 0.354 e. The summed E-state index contributed by atoms with van der Waals surface area (Å²) >= 11 is 0. The quantitative estimate of drug-likeness (QED) is 0.854. The largest absolute Gasteiger partial charge is 0.477 e. The van der Waals surface area contributed by atoms with E-state index in [1.165, 1.54) is 11.8 Å². The van der Waals surface area contributed by atoms with E-state index < -0.39 is 5.97 Å². The molecule has 0 saturated carbocycles. The summed E-state index contributed by atoms with van der Waals surface area (Å²) in [6.07, 6.45) is 2.69. The van der Waals surface area contributed by atoms with E-state index in [0.29, 0.717) is 5.92 Å². The molecule has 2 unspecified atom stereocenters. The van der Waals surface area contributed by atoms with Gasteiger partial charge in [0.1, 0.15) is 5.69 Å². The predicted molar refractivity (Wildman–Crippen MR) is 94.1 cm³/mol. The number of likely N-dealkylation sites (tertiary alicyclic amines) is 1. The van der Waals surface area contributed by atoms with Crippen LogP contribution in [0.25, 0.3) is 0 Å².